The number of piperidine rings is 1. The zero-order valence-corrected chi connectivity index (χ0v) is 12.8. The third-order valence-electron chi connectivity index (χ3n) is 4.26. The van der Waals surface area contributed by atoms with E-state index in [2.05, 4.69) is 52.2 Å². The molecule has 18 heavy (non-hydrogen) atoms. The topological polar surface area (TPSA) is 41.1 Å². The third kappa shape index (κ3) is 4.60. The van der Waals surface area contributed by atoms with Crippen LogP contribution in [-0.4, -0.2) is 24.5 Å². The van der Waals surface area contributed by atoms with E-state index in [0.29, 0.717) is 17.9 Å². The number of carbonyl (C=O) groups is 1. The minimum atomic E-state index is -0.00378. The molecule has 1 saturated heterocycles. The van der Waals surface area contributed by atoms with Gasteiger partial charge in [-0.25, -0.2) is 0 Å². The largest absolute Gasteiger partial charge is 0.354 e. The van der Waals surface area contributed by atoms with Gasteiger partial charge in [-0.1, -0.05) is 34.6 Å². The van der Waals surface area contributed by atoms with Gasteiger partial charge in [-0.3, -0.25) is 4.79 Å². The maximum absolute atomic E-state index is 12.1. The fourth-order valence-corrected chi connectivity index (χ4v) is 2.45. The number of hydrogen-bond donors (Lipinski definition) is 2. The molecule has 1 rings (SSSR count). The molecule has 1 fully saturated rings. The van der Waals surface area contributed by atoms with Crippen molar-refractivity contribution in [3.63, 3.8) is 0 Å². The Balaban J connectivity index is 2.41. The van der Waals surface area contributed by atoms with Crippen LogP contribution in [-0.2, 0) is 4.79 Å². The Kier molecular flexibility index (Phi) is 5.20. The average molecular weight is 254 g/mol. The first-order valence-electron chi connectivity index (χ1n) is 7.24. The van der Waals surface area contributed by atoms with Crippen LogP contribution >= 0.6 is 0 Å². The number of rotatable bonds is 3. The summed E-state index contributed by atoms with van der Waals surface area (Å²) in [6, 6.07) is 0.445. The molecule has 0 aliphatic carbocycles. The number of nitrogens with one attached hydrogen (secondary N) is 2. The van der Waals surface area contributed by atoms with Gasteiger partial charge >= 0.3 is 0 Å². The van der Waals surface area contributed by atoms with Gasteiger partial charge in [0, 0.05) is 12.6 Å². The molecule has 4 unspecified atom stereocenters. The standard InChI is InChI=1S/C15H30N2O/c1-10-7-12(3)17-13(8-10)14(18)16-9-11(2)15(4,5)6/h10-13,17H,7-9H2,1-6H3,(H,16,18). The lowest BCUT2D eigenvalue weighted by molar-refractivity contribution is -0.124. The van der Waals surface area contributed by atoms with E-state index in [0.717, 1.165) is 13.0 Å². The second kappa shape index (κ2) is 6.05. The van der Waals surface area contributed by atoms with E-state index >= 15 is 0 Å². The van der Waals surface area contributed by atoms with Crippen LogP contribution in [0.15, 0.2) is 0 Å². The summed E-state index contributed by atoms with van der Waals surface area (Å²) in [7, 11) is 0. The molecule has 1 heterocycles. The molecule has 1 aliphatic heterocycles. The summed E-state index contributed by atoms with van der Waals surface area (Å²) in [5.74, 6) is 1.29. The van der Waals surface area contributed by atoms with Crippen LogP contribution in [0.1, 0.15) is 54.4 Å². The van der Waals surface area contributed by atoms with Crippen molar-refractivity contribution in [1.29, 1.82) is 0 Å². The average Bonchev–Trinajstić information content (AvgIpc) is 2.22. The lowest BCUT2D eigenvalue weighted by Crippen LogP contribution is -2.52. The van der Waals surface area contributed by atoms with E-state index in [1.807, 2.05) is 0 Å². The zero-order chi connectivity index (χ0) is 13.9. The van der Waals surface area contributed by atoms with Gasteiger partial charge in [0.15, 0.2) is 0 Å². The van der Waals surface area contributed by atoms with Crippen molar-refractivity contribution >= 4 is 5.91 Å². The van der Waals surface area contributed by atoms with Crippen molar-refractivity contribution in [3.05, 3.63) is 0 Å². The van der Waals surface area contributed by atoms with Crippen molar-refractivity contribution in [1.82, 2.24) is 10.6 Å². The highest BCUT2D eigenvalue weighted by Gasteiger charge is 2.29. The van der Waals surface area contributed by atoms with Crippen LogP contribution in [0, 0.1) is 17.3 Å². The first-order chi connectivity index (χ1) is 8.20. The van der Waals surface area contributed by atoms with Crippen LogP contribution in [0.4, 0.5) is 0 Å². The molecular formula is C15H30N2O. The van der Waals surface area contributed by atoms with Gasteiger partial charge in [-0.15, -0.1) is 0 Å². The third-order valence-corrected chi connectivity index (χ3v) is 4.26. The molecule has 0 bridgehead atoms. The Morgan fingerprint density at radius 1 is 1.33 bits per heavy atom. The molecular weight excluding hydrogens is 224 g/mol. The van der Waals surface area contributed by atoms with Crippen LogP contribution < -0.4 is 10.6 Å². The van der Waals surface area contributed by atoms with Gasteiger partial charge in [0.1, 0.15) is 0 Å². The Labute approximate surface area is 112 Å². The van der Waals surface area contributed by atoms with E-state index in [1.165, 1.54) is 6.42 Å². The van der Waals surface area contributed by atoms with E-state index in [9.17, 15) is 4.79 Å². The smallest absolute Gasteiger partial charge is 0.237 e. The predicted molar refractivity (Wildman–Crippen MR) is 76.4 cm³/mol. The lowest BCUT2D eigenvalue weighted by Gasteiger charge is -2.33. The van der Waals surface area contributed by atoms with Crippen LogP contribution in [0.3, 0.4) is 0 Å². The molecule has 0 saturated carbocycles. The van der Waals surface area contributed by atoms with E-state index < -0.39 is 0 Å². The highest BCUT2D eigenvalue weighted by atomic mass is 16.2. The summed E-state index contributed by atoms with van der Waals surface area (Å²) in [6.07, 6.45) is 2.13. The molecule has 0 spiro atoms. The van der Waals surface area contributed by atoms with Crippen molar-refractivity contribution in [2.45, 2.75) is 66.5 Å². The molecule has 3 nitrogen and oxygen atoms in total. The summed E-state index contributed by atoms with van der Waals surface area (Å²) >= 11 is 0. The highest BCUT2D eigenvalue weighted by molar-refractivity contribution is 5.81. The first-order valence-corrected chi connectivity index (χ1v) is 7.24. The minimum Gasteiger partial charge on any atom is -0.354 e. The van der Waals surface area contributed by atoms with Crippen LogP contribution in [0.5, 0.6) is 0 Å². The molecule has 0 aromatic rings. The Morgan fingerprint density at radius 2 is 1.94 bits per heavy atom. The van der Waals surface area contributed by atoms with E-state index in [-0.39, 0.29) is 17.4 Å². The summed E-state index contributed by atoms with van der Waals surface area (Å²) in [5.41, 5.74) is 0.244. The molecule has 0 aromatic heterocycles. The van der Waals surface area contributed by atoms with Crippen LogP contribution in [0.25, 0.3) is 0 Å². The SMILES string of the molecule is CC1CC(C)NC(C(=O)NCC(C)C(C)(C)C)C1. The lowest BCUT2D eigenvalue weighted by atomic mass is 9.82. The van der Waals surface area contributed by atoms with Gasteiger partial charge in [-0.2, -0.15) is 0 Å². The van der Waals surface area contributed by atoms with Crippen molar-refractivity contribution in [2.24, 2.45) is 17.3 Å². The molecule has 3 heteroatoms. The summed E-state index contributed by atoms with van der Waals surface area (Å²) in [4.78, 5) is 12.1. The maximum Gasteiger partial charge on any atom is 0.237 e. The fraction of sp³-hybridized carbons (Fsp3) is 0.933. The predicted octanol–water partition coefficient (Wildman–Crippen LogP) is 2.56. The van der Waals surface area contributed by atoms with Gasteiger partial charge in [0.05, 0.1) is 6.04 Å². The van der Waals surface area contributed by atoms with Crippen molar-refractivity contribution in [2.75, 3.05) is 6.54 Å². The fourth-order valence-electron chi connectivity index (χ4n) is 2.45. The van der Waals surface area contributed by atoms with Gasteiger partial charge in [-0.05, 0) is 37.0 Å². The number of hydrogen-bond acceptors (Lipinski definition) is 2. The van der Waals surface area contributed by atoms with Crippen molar-refractivity contribution < 1.29 is 4.79 Å². The van der Waals surface area contributed by atoms with Gasteiger partial charge in [0.25, 0.3) is 0 Å². The van der Waals surface area contributed by atoms with E-state index in [1.54, 1.807) is 0 Å². The maximum atomic E-state index is 12.1. The molecule has 1 amide bonds. The monoisotopic (exact) mass is 254 g/mol. The highest BCUT2D eigenvalue weighted by Crippen LogP contribution is 2.24. The van der Waals surface area contributed by atoms with Gasteiger partial charge in [0.2, 0.25) is 5.91 Å². The summed E-state index contributed by atoms with van der Waals surface area (Å²) in [5, 5.41) is 6.50. The molecule has 1 aliphatic rings. The quantitative estimate of drug-likeness (QED) is 0.812. The van der Waals surface area contributed by atoms with Crippen molar-refractivity contribution in [3.8, 4) is 0 Å². The summed E-state index contributed by atoms with van der Waals surface area (Å²) in [6.45, 7) is 14.0. The van der Waals surface area contributed by atoms with Crippen LogP contribution in [0.2, 0.25) is 0 Å². The zero-order valence-electron chi connectivity index (χ0n) is 12.8. The summed E-state index contributed by atoms with van der Waals surface area (Å²) < 4.78 is 0. The molecule has 4 atom stereocenters. The van der Waals surface area contributed by atoms with Gasteiger partial charge < -0.3 is 10.6 Å². The number of amides is 1. The molecule has 2 N–H and O–H groups in total. The second-order valence-electron chi connectivity index (χ2n) is 7.21. The molecule has 0 radical (unpaired) electrons. The Morgan fingerprint density at radius 3 is 2.44 bits per heavy atom. The minimum absolute atomic E-state index is 0.00378. The molecule has 106 valence electrons. The molecule has 0 aromatic carbocycles. The normalized spacial score (nSPS) is 30.9. The first kappa shape index (κ1) is 15.5. The van der Waals surface area contributed by atoms with E-state index in [4.69, 9.17) is 0 Å². The Hall–Kier alpha value is -0.570. The Bertz CT molecular complexity index is 273. The number of carbonyl (C=O) groups excluding carboxylic acids is 1. The second-order valence-corrected chi connectivity index (χ2v) is 7.21.